The summed E-state index contributed by atoms with van der Waals surface area (Å²) >= 11 is 0. The Morgan fingerprint density at radius 1 is 1.00 bits per heavy atom. The average Bonchev–Trinajstić information content (AvgIpc) is 2.20. The molecule has 0 aromatic heterocycles. The lowest BCUT2D eigenvalue weighted by atomic mass is 10.6. The molecule has 14 heavy (non-hydrogen) atoms. The Balaban J connectivity index is 4.39. The molecule has 0 aromatic carbocycles. The first-order valence-electron chi connectivity index (χ1n) is 6.23. The minimum Gasteiger partial charge on any atom is -0.457 e. The summed E-state index contributed by atoms with van der Waals surface area (Å²) in [6.45, 7) is 13.9. The van der Waals surface area contributed by atoms with Crippen LogP contribution in [0.4, 0.5) is 0 Å². The Morgan fingerprint density at radius 3 is 1.64 bits per heavy atom. The van der Waals surface area contributed by atoms with Gasteiger partial charge in [0.15, 0.2) is 17.4 Å². The van der Waals surface area contributed by atoms with Gasteiger partial charge in [0.05, 0.1) is 0 Å². The largest absolute Gasteiger partial charge is 0.457 e. The summed E-state index contributed by atoms with van der Waals surface area (Å²) in [5, 5.41) is 0. The van der Waals surface area contributed by atoms with Crippen LogP contribution in [0.15, 0.2) is 0 Å². The molecule has 1 atom stereocenters. The van der Waals surface area contributed by atoms with E-state index in [1.54, 1.807) is 0 Å². The second-order valence-electron chi connectivity index (χ2n) is 4.55. The molecule has 0 amide bonds. The van der Waals surface area contributed by atoms with Gasteiger partial charge in [0, 0.05) is 0 Å². The van der Waals surface area contributed by atoms with Crippen LogP contribution in [0.3, 0.4) is 0 Å². The number of hydrogen-bond donors (Lipinski definition) is 0. The second-order valence-corrected chi connectivity index (χ2v) is 13.2. The molecule has 0 aliphatic rings. The van der Waals surface area contributed by atoms with Crippen molar-refractivity contribution < 1.29 is 4.12 Å². The minimum atomic E-state index is -1.30. The molecule has 0 saturated carbocycles. The zero-order chi connectivity index (χ0) is 11.2. The van der Waals surface area contributed by atoms with E-state index in [-0.39, 0.29) is 0 Å². The van der Waals surface area contributed by atoms with Crippen molar-refractivity contribution in [1.82, 2.24) is 0 Å². The summed E-state index contributed by atoms with van der Waals surface area (Å²) in [7, 11) is -2.20. The fourth-order valence-corrected chi connectivity index (χ4v) is 10.8. The molecule has 0 bridgehead atoms. The standard InChI is InChI=1S/C11H28OSi2/c1-7-13(11(5)6)12-14(8-2,9-3)10-4/h11,13H,7-10H2,1-6H3. The molecule has 0 radical (unpaired) electrons. The van der Waals surface area contributed by atoms with Crippen LogP contribution >= 0.6 is 0 Å². The van der Waals surface area contributed by atoms with E-state index in [9.17, 15) is 0 Å². The fourth-order valence-electron chi connectivity index (χ4n) is 2.01. The molecule has 1 unspecified atom stereocenters. The summed E-state index contributed by atoms with van der Waals surface area (Å²) in [5.74, 6) is 0. The fraction of sp³-hybridized carbons (Fsp3) is 1.00. The maximum atomic E-state index is 6.57. The number of hydrogen-bond acceptors (Lipinski definition) is 1. The Hall–Kier alpha value is 0.394. The van der Waals surface area contributed by atoms with Gasteiger partial charge in [-0.25, -0.2) is 0 Å². The quantitative estimate of drug-likeness (QED) is 0.599. The summed E-state index contributed by atoms with van der Waals surface area (Å²) in [5.41, 5.74) is 0.802. The second kappa shape index (κ2) is 6.80. The topological polar surface area (TPSA) is 9.23 Å². The highest BCUT2D eigenvalue weighted by Crippen LogP contribution is 2.26. The zero-order valence-electron chi connectivity index (χ0n) is 10.9. The molecule has 0 saturated heterocycles. The Labute approximate surface area is 93.1 Å². The summed E-state index contributed by atoms with van der Waals surface area (Å²) in [6, 6.07) is 5.20. The van der Waals surface area contributed by atoms with Crippen molar-refractivity contribution >= 4 is 17.4 Å². The molecule has 0 aliphatic carbocycles. The van der Waals surface area contributed by atoms with E-state index in [4.69, 9.17) is 4.12 Å². The third-order valence-electron chi connectivity index (χ3n) is 3.48. The van der Waals surface area contributed by atoms with E-state index in [1.807, 2.05) is 0 Å². The van der Waals surface area contributed by atoms with Crippen LogP contribution in [-0.2, 0) is 4.12 Å². The molecule has 1 nitrogen and oxygen atoms in total. The van der Waals surface area contributed by atoms with E-state index in [2.05, 4.69) is 41.5 Å². The summed E-state index contributed by atoms with van der Waals surface area (Å²) < 4.78 is 6.57. The molecule has 0 aliphatic heterocycles. The van der Waals surface area contributed by atoms with Crippen LogP contribution in [0.5, 0.6) is 0 Å². The van der Waals surface area contributed by atoms with Crippen LogP contribution in [0.2, 0.25) is 29.7 Å². The van der Waals surface area contributed by atoms with Crippen molar-refractivity contribution in [1.29, 1.82) is 0 Å². The predicted octanol–water partition coefficient (Wildman–Crippen LogP) is 4.16. The third-order valence-corrected chi connectivity index (χ3v) is 12.8. The van der Waals surface area contributed by atoms with E-state index < -0.39 is 17.4 Å². The van der Waals surface area contributed by atoms with E-state index in [1.165, 1.54) is 24.2 Å². The van der Waals surface area contributed by atoms with Crippen molar-refractivity contribution in [2.24, 2.45) is 0 Å². The molecule has 0 spiro atoms. The molecule has 86 valence electrons. The van der Waals surface area contributed by atoms with Gasteiger partial charge in [-0.3, -0.25) is 0 Å². The van der Waals surface area contributed by atoms with Crippen LogP contribution in [0.1, 0.15) is 41.5 Å². The predicted molar refractivity (Wildman–Crippen MR) is 71.0 cm³/mol. The first-order chi connectivity index (χ1) is 6.55. The normalized spacial score (nSPS) is 14.8. The van der Waals surface area contributed by atoms with Gasteiger partial charge in [-0.1, -0.05) is 41.5 Å². The molecule has 0 heterocycles. The van der Waals surface area contributed by atoms with Gasteiger partial charge in [-0.05, 0) is 29.7 Å². The Kier molecular flexibility index (Phi) is 6.99. The van der Waals surface area contributed by atoms with E-state index in [0.717, 1.165) is 5.54 Å². The zero-order valence-corrected chi connectivity index (χ0v) is 13.0. The summed E-state index contributed by atoms with van der Waals surface area (Å²) in [6.07, 6.45) is 0. The molecular formula is C11H28OSi2. The van der Waals surface area contributed by atoms with Crippen molar-refractivity contribution in [3.63, 3.8) is 0 Å². The van der Waals surface area contributed by atoms with Crippen LogP contribution < -0.4 is 0 Å². The van der Waals surface area contributed by atoms with Crippen LogP contribution in [-0.4, -0.2) is 17.4 Å². The molecule has 0 fully saturated rings. The van der Waals surface area contributed by atoms with Crippen molar-refractivity contribution in [2.75, 3.05) is 0 Å². The molecular weight excluding hydrogens is 204 g/mol. The van der Waals surface area contributed by atoms with Gasteiger partial charge >= 0.3 is 0 Å². The van der Waals surface area contributed by atoms with E-state index >= 15 is 0 Å². The minimum absolute atomic E-state index is 0.802. The van der Waals surface area contributed by atoms with Crippen molar-refractivity contribution in [2.45, 2.75) is 71.3 Å². The maximum Gasteiger partial charge on any atom is 0.178 e. The van der Waals surface area contributed by atoms with E-state index in [0.29, 0.717) is 0 Å². The van der Waals surface area contributed by atoms with Gasteiger partial charge in [0.25, 0.3) is 0 Å². The molecule has 0 N–H and O–H groups in total. The van der Waals surface area contributed by atoms with Gasteiger partial charge < -0.3 is 4.12 Å². The van der Waals surface area contributed by atoms with Gasteiger partial charge in [0.1, 0.15) is 0 Å². The van der Waals surface area contributed by atoms with Gasteiger partial charge in [-0.15, -0.1) is 0 Å². The molecule has 0 aromatic rings. The highest BCUT2D eigenvalue weighted by atomic mass is 28.4. The van der Waals surface area contributed by atoms with Gasteiger partial charge in [0.2, 0.25) is 0 Å². The average molecular weight is 233 g/mol. The Morgan fingerprint density at radius 2 is 1.43 bits per heavy atom. The summed E-state index contributed by atoms with van der Waals surface area (Å²) in [4.78, 5) is 0. The van der Waals surface area contributed by atoms with Crippen LogP contribution in [0.25, 0.3) is 0 Å². The lowest BCUT2D eigenvalue weighted by Crippen LogP contribution is -2.42. The molecule has 0 rings (SSSR count). The SMILES string of the molecule is CC[SiH](O[Si](CC)(CC)CC)C(C)C. The first kappa shape index (κ1) is 14.4. The van der Waals surface area contributed by atoms with Gasteiger partial charge in [-0.2, -0.15) is 0 Å². The smallest absolute Gasteiger partial charge is 0.178 e. The lowest BCUT2D eigenvalue weighted by molar-refractivity contribution is 0.527. The number of rotatable bonds is 7. The van der Waals surface area contributed by atoms with Crippen molar-refractivity contribution in [3.8, 4) is 0 Å². The third kappa shape index (κ3) is 3.87. The van der Waals surface area contributed by atoms with Crippen LogP contribution in [0, 0.1) is 0 Å². The monoisotopic (exact) mass is 232 g/mol. The Bertz CT molecular complexity index is 136. The highest BCUT2D eigenvalue weighted by molar-refractivity contribution is 6.80. The maximum absolute atomic E-state index is 6.57. The highest BCUT2D eigenvalue weighted by Gasteiger charge is 2.32. The van der Waals surface area contributed by atoms with Crippen molar-refractivity contribution in [3.05, 3.63) is 0 Å². The lowest BCUT2D eigenvalue weighted by Gasteiger charge is -2.34. The molecule has 3 heteroatoms. The first-order valence-corrected chi connectivity index (χ1v) is 10.7.